The minimum Gasteiger partial charge on any atom is -0.315 e. The molecule has 0 saturated heterocycles. The second-order valence-corrected chi connectivity index (χ2v) is 8.88. The number of amides is 1. The van der Waals surface area contributed by atoms with Crippen LogP contribution in [-0.2, 0) is 21.2 Å². The predicted molar refractivity (Wildman–Crippen MR) is 104 cm³/mol. The van der Waals surface area contributed by atoms with Gasteiger partial charge in [0.15, 0.2) is 14.6 Å². The molecule has 0 radical (unpaired) electrons. The number of pyridine rings is 1. The Hall–Kier alpha value is -2.71. The topological polar surface area (TPSA) is 105 Å². The van der Waals surface area contributed by atoms with E-state index in [9.17, 15) is 18.0 Å². The van der Waals surface area contributed by atoms with Gasteiger partial charge in [-0.25, -0.2) is 13.9 Å². The van der Waals surface area contributed by atoms with E-state index in [-0.39, 0.29) is 18.5 Å². The smallest absolute Gasteiger partial charge is 0.264 e. The minimum atomic E-state index is -3.80. The van der Waals surface area contributed by atoms with E-state index in [1.807, 2.05) is 36.4 Å². The molecule has 0 saturated carbocycles. The van der Waals surface area contributed by atoms with Crippen LogP contribution in [0.25, 0.3) is 12.2 Å². The summed E-state index contributed by atoms with van der Waals surface area (Å²) in [7, 11) is -3.80. The summed E-state index contributed by atoms with van der Waals surface area (Å²) < 4.78 is 23.4. The van der Waals surface area contributed by atoms with Crippen LogP contribution in [0.2, 0.25) is 0 Å². The lowest BCUT2D eigenvalue weighted by Crippen LogP contribution is -2.49. The van der Waals surface area contributed by atoms with E-state index in [2.05, 4.69) is 0 Å². The summed E-state index contributed by atoms with van der Waals surface area (Å²) in [5.41, 5.74) is 2.78. The molecular weight excluding hydrogens is 368 g/mol. The van der Waals surface area contributed by atoms with Crippen LogP contribution in [0.5, 0.6) is 0 Å². The number of hydroxylamine groups is 1. The van der Waals surface area contributed by atoms with Gasteiger partial charge in [-0.3, -0.25) is 14.8 Å². The molecule has 8 heteroatoms. The number of nitrogens with one attached hydrogen (secondary N) is 1. The van der Waals surface area contributed by atoms with Crippen molar-refractivity contribution in [3.05, 3.63) is 70.1 Å². The van der Waals surface area contributed by atoms with Crippen molar-refractivity contribution in [1.29, 1.82) is 0 Å². The second-order valence-electron chi connectivity index (χ2n) is 6.43. The Labute approximate surface area is 157 Å². The Morgan fingerprint density at radius 3 is 2.37 bits per heavy atom. The van der Waals surface area contributed by atoms with Crippen molar-refractivity contribution < 1.29 is 18.4 Å². The van der Waals surface area contributed by atoms with Gasteiger partial charge in [0, 0.05) is 25.1 Å². The molecule has 1 amide bonds. The maximum atomic E-state index is 12.3. The molecule has 1 unspecified atom stereocenters. The first-order valence-corrected chi connectivity index (χ1v) is 10.1. The highest BCUT2D eigenvalue weighted by molar-refractivity contribution is 7.92. The van der Waals surface area contributed by atoms with Gasteiger partial charge in [0.25, 0.3) is 11.5 Å². The molecule has 1 aromatic heterocycles. The van der Waals surface area contributed by atoms with Gasteiger partial charge in [-0.15, -0.1) is 0 Å². The molecule has 2 aromatic rings. The van der Waals surface area contributed by atoms with E-state index in [4.69, 9.17) is 5.21 Å². The monoisotopic (exact) mass is 390 g/mol. The number of rotatable bonds is 7. The highest BCUT2D eigenvalue weighted by Gasteiger charge is 2.43. The van der Waals surface area contributed by atoms with Crippen molar-refractivity contribution in [3.63, 3.8) is 0 Å². The van der Waals surface area contributed by atoms with Gasteiger partial charge in [-0.2, -0.15) is 0 Å². The summed E-state index contributed by atoms with van der Waals surface area (Å²) in [5.74, 6) is -1.03. The molecule has 7 nitrogen and oxygen atoms in total. The average Bonchev–Trinajstić information content (AvgIpc) is 2.64. The lowest BCUT2D eigenvalue weighted by Gasteiger charge is -2.25. The quantitative estimate of drug-likeness (QED) is 0.553. The Kier molecular flexibility index (Phi) is 6.35. The van der Waals surface area contributed by atoms with Crippen LogP contribution in [0.3, 0.4) is 0 Å². The number of hydrogen-bond acceptors (Lipinski definition) is 5. The molecule has 0 aliphatic heterocycles. The third-order valence-corrected chi connectivity index (χ3v) is 6.54. The molecule has 27 heavy (non-hydrogen) atoms. The summed E-state index contributed by atoms with van der Waals surface area (Å²) in [4.78, 5) is 24.1. The first-order valence-electron chi connectivity index (χ1n) is 8.25. The lowest BCUT2D eigenvalue weighted by atomic mass is 10.1. The second kappa shape index (κ2) is 8.32. The fourth-order valence-corrected chi connectivity index (χ4v) is 3.33. The van der Waals surface area contributed by atoms with Crippen molar-refractivity contribution in [3.8, 4) is 0 Å². The molecular formula is C19H22N2O5S. The number of carbonyl (C=O) groups is 1. The van der Waals surface area contributed by atoms with Crippen LogP contribution in [0, 0.1) is 0 Å². The van der Waals surface area contributed by atoms with Crippen LogP contribution in [0.4, 0.5) is 0 Å². The van der Waals surface area contributed by atoms with Crippen LogP contribution in [0.15, 0.2) is 53.5 Å². The molecule has 1 atom stereocenters. The maximum Gasteiger partial charge on any atom is 0.264 e. The first-order chi connectivity index (χ1) is 12.7. The van der Waals surface area contributed by atoms with E-state index >= 15 is 0 Å². The number of carbonyl (C=O) groups excluding carboxylic acids is 1. The fourth-order valence-electron chi connectivity index (χ4n) is 2.49. The van der Waals surface area contributed by atoms with Gasteiger partial charge in [0.2, 0.25) is 0 Å². The first kappa shape index (κ1) is 20.6. The summed E-state index contributed by atoms with van der Waals surface area (Å²) in [6.07, 6.45) is 6.00. The fraction of sp³-hybridized carbons (Fsp3) is 0.263. The van der Waals surface area contributed by atoms with Gasteiger partial charge >= 0.3 is 0 Å². The van der Waals surface area contributed by atoms with Crippen molar-refractivity contribution in [2.45, 2.75) is 24.6 Å². The average molecular weight is 390 g/mol. The Balaban J connectivity index is 2.17. The van der Waals surface area contributed by atoms with Crippen molar-refractivity contribution in [2.75, 3.05) is 6.26 Å². The van der Waals surface area contributed by atoms with Crippen LogP contribution in [0.1, 0.15) is 24.5 Å². The van der Waals surface area contributed by atoms with Crippen LogP contribution < -0.4 is 11.0 Å². The maximum absolute atomic E-state index is 12.3. The van der Waals surface area contributed by atoms with E-state index in [1.54, 1.807) is 18.3 Å². The molecule has 2 rings (SSSR count). The highest BCUT2D eigenvalue weighted by atomic mass is 32.2. The molecule has 0 bridgehead atoms. The normalized spacial score (nSPS) is 14.0. The highest BCUT2D eigenvalue weighted by Crippen LogP contribution is 2.22. The zero-order valence-electron chi connectivity index (χ0n) is 15.1. The molecule has 0 spiro atoms. The number of hydrogen-bond donors (Lipinski definition) is 2. The number of aryl methyl sites for hydroxylation is 1. The number of sulfone groups is 1. The van der Waals surface area contributed by atoms with Crippen molar-refractivity contribution in [1.82, 2.24) is 10.0 Å². The zero-order chi connectivity index (χ0) is 20.1. The number of benzene rings is 1. The minimum absolute atomic E-state index is 0.0124. The summed E-state index contributed by atoms with van der Waals surface area (Å²) in [6, 6.07) is 12.8. The Morgan fingerprint density at radius 2 is 1.81 bits per heavy atom. The van der Waals surface area contributed by atoms with Gasteiger partial charge in [0.1, 0.15) is 0 Å². The summed E-state index contributed by atoms with van der Waals surface area (Å²) in [5, 5.41) is 8.83. The Morgan fingerprint density at radius 1 is 1.19 bits per heavy atom. The molecule has 2 N–H and O–H groups in total. The van der Waals surface area contributed by atoms with Crippen LogP contribution in [-0.4, -0.2) is 35.1 Å². The number of nitrogens with zero attached hydrogens (tertiary/aromatic N) is 1. The lowest BCUT2D eigenvalue weighted by molar-refractivity contribution is -0.131. The largest absolute Gasteiger partial charge is 0.315 e. The molecule has 0 aliphatic rings. The van der Waals surface area contributed by atoms with E-state index in [0.717, 1.165) is 11.8 Å². The Bertz CT molecular complexity index is 996. The predicted octanol–water partition coefficient (Wildman–Crippen LogP) is 1.72. The van der Waals surface area contributed by atoms with E-state index in [1.165, 1.54) is 23.0 Å². The van der Waals surface area contributed by atoms with Crippen molar-refractivity contribution in [2.24, 2.45) is 0 Å². The van der Waals surface area contributed by atoms with Crippen molar-refractivity contribution >= 4 is 27.9 Å². The molecule has 144 valence electrons. The SMILES string of the molecule is CC(CCn1ccc(C=Cc2ccccc2)cc1=O)(C(=O)NO)S(C)(=O)=O. The molecule has 1 aromatic carbocycles. The summed E-state index contributed by atoms with van der Waals surface area (Å²) in [6.45, 7) is 1.23. The summed E-state index contributed by atoms with van der Waals surface area (Å²) >= 11 is 0. The van der Waals surface area contributed by atoms with Gasteiger partial charge < -0.3 is 4.57 Å². The third-order valence-electron chi connectivity index (χ3n) is 4.52. The van der Waals surface area contributed by atoms with Crippen LogP contribution >= 0.6 is 0 Å². The van der Waals surface area contributed by atoms with E-state index in [0.29, 0.717) is 5.56 Å². The molecule has 0 aliphatic carbocycles. The van der Waals surface area contributed by atoms with Gasteiger partial charge in [0.05, 0.1) is 0 Å². The van der Waals surface area contributed by atoms with Gasteiger partial charge in [-0.05, 0) is 30.5 Å². The molecule has 1 heterocycles. The third kappa shape index (κ3) is 4.93. The van der Waals surface area contributed by atoms with E-state index < -0.39 is 20.5 Å². The standard InChI is InChI=1S/C19H22N2O5S/c1-19(18(23)20-24,27(2,25)26)11-13-21-12-10-16(14-17(21)22)9-8-15-6-4-3-5-7-15/h3-10,12,14,24H,11,13H2,1-2H3,(H,20,23). The van der Waals surface area contributed by atoms with Gasteiger partial charge in [-0.1, -0.05) is 42.5 Å². The zero-order valence-corrected chi connectivity index (χ0v) is 15.9. The number of aromatic nitrogens is 1. The molecule has 0 fully saturated rings.